The van der Waals surface area contributed by atoms with Crippen LogP contribution in [0.5, 0.6) is 0 Å². The molecule has 1 nitrogen and oxygen atoms in total. The Bertz CT molecular complexity index is 374. The first-order valence-electron chi connectivity index (χ1n) is 6.87. The van der Waals surface area contributed by atoms with Crippen LogP contribution in [0.1, 0.15) is 44.6 Å². The highest BCUT2D eigenvalue weighted by Gasteiger charge is 2.20. The third-order valence-corrected chi connectivity index (χ3v) is 4.34. The zero-order valence-electron chi connectivity index (χ0n) is 10.9. The van der Waals surface area contributed by atoms with Gasteiger partial charge in [-0.05, 0) is 30.9 Å². The molecule has 1 aromatic rings. The van der Waals surface area contributed by atoms with E-state index >= 15 is 0 Å². The molecule has 1 fully saturated rings. The summed E-state index contributed by atoms with van der Waals surface area (Å²) < 4.78 is 13.6. The van der Waals surface area contributed by atoms with Crippen molar-refractivity contribution in [1.82, 2.24) is 5.32 Å². The summed E-state index contributed by atoms with van der Waals surface area (Å²) in [6.45, 7) is 2.79. The maximum Gasteiger partial charge on any atom is 0.129 e. The van der Waals surface area contributed by atoms with Gasteiger partial charge in [-0.2, -0.15) is 0 Å². The Labute approximate surface area is 114 Å². The van der Waals surface area contributed by atoms with E-state index in [0.717, 1.165) is 5.92 Å². The fourth-order valence-corrected chi connectivity index (χ4v) is 3.02. The highest BCUT2D eigenvalue weighted by molar-refractivity contribution is 6.31. The Balaban J connectivity index is 1.91. The lowest BCUT2D eigenvalue weighted by atomic mass is 9.84. The number of halogens is 2. The molecule has 3 heteroatoms. The van der Waals surface area contributed by atoms with E-state index in [2.05, 4.69) is 12.2 Å². The summed E-state index contributed by atoms with van der Waals surface area (Å²) >= 11 is 6.02. The number of hydrogen-bond acceptors (Lipinski definition) is 1. The molecule has 2 unspecified atom stereocenters. The normalized spacial score (nSPS) is 24.2. The Morgan fingerprint density at radius 2 is 2.22 bits per heavy atom. The van der Waals surface area contributed by atoms with Gasteiger partial charge >= 0.3 is 0 Å². The molecule has 2 rings (SSSR count). The second-order valence-corrected chi connectivity index (χ2v) is 5.63. The lowest BCUT2D eigenvalue weighted by Crippen LogP contribution is -2.33. The van der Waals surface area contributed by atoms with E-state index in [9.17, 15) is 4.39 Å². The zero-order valence-corrected chi connectivity index (χ0v) is 11.6. The molecule has 1 aliphatic rings. The average Bonchev–Trinajstić information content (AvgIpc) is 2.38. The van der Waals surface area contributed by atoms with E-state index in [1.54, 1.807) is 12.1 Å². The van der Waals surface area contributed by atoms with Crippen LogP contribution in [0.25, 0.3) is 0 Å². The summed E-state index contributed by atoms with van der Waals surface area (Å²) in [6.07, 6.45) is 6.28. The van der Waals surface area contributed by atoms with Gasteiger partial charge in [-0.1, -0.05) is 43.9 Å². The molecule has 0 heterocycles. The molecule has 0 spiro atoms. The molecule has 0 bridgehead atoms. The Morgan fingerprint density at radius 3 is 2.94 bits per heavy atom. The van der Waals surface area contributed by atoms with Gasteiger partial charge in [0.2, 0.25) is 0 Å². The van der Waals surface area contributed by atoms with Gasteiger partial charge in [0.15, 0.2) is 0 Å². The quantitative estimate of drug-likeness (QED) is 0.846. The standard InChI is InChI=1S/C15H21ClFN/c1-2-11-5-3-6-12(9-11)18-10-13-14(16)7-4-8-15(13)17/h4,7-8,11-12,18H,2-3,5-6,9-10H2,1H3. The summed E-state index contributed by atoms with van der Waals surface area (Å²) in [5, 5.41) is 3.98. The number of rotatable bonds is 4. The van der Waals surface area contributed by atoms with Crippen LogP contribution < -0.4 is 5.32 Å². The second-order valence-electron chi connectivity index (χ2n) is 5.22. The lowest BCUT2D eigenvalue weighted by Gasteiger charge is -2.29. The molecule has 0 saturated heterocycles. The van der Waals surface area contributed by atoms with E-state index in [1.165, 1.54) is 38.2 Å². The molecular weight excluding hydrogens is 249 g/mol. The van der Waals surface area contributed by atoms with Gasteiger partial charge in [0.25, 0.3) is 0 Å². The van der Waals surface area contributed by atoms with Gasteiger partial charge in [0, 0.05) is 23.2 Å². The van der Waals surface area contributed by atoms with Crippen LogP contribution in [0, 0.1) is 11.7 Å². The van der Waals surface area contributed by atoms with Gasteiger partial charge in [-0.3, -0.25) is 0 Å². The second kappa shape index (κ2) is 6.53. The maximum atomic E-state index is 13.6. The first kappa shape index (κ1) is 13.8. The minimum atomic E-state index is -0.210. The van der Waals surface area contributed by atoms with Crippen molar-refractivity contribution in [2.75, 3.05) is 0 Å². The molecule has 0 aromatic heterocycles. The zero-order chi connectivity index (χ0) is 13.0. The Kier molecular flexibility index (Phi) is 5.02. The van der Waals surface area contributed by atoms with Gasteiger partial charge in [-0.25, -0.2) is 4.39 Å². The molecule has 1 saturated carbocycles. The lowest BCUT2D eigenvalue weighted by molar-refractivity contribution is 0.277. The highest BCUT2D eigenvalue weighted by atomic mass is 35.5. The van der Waals surface area contributed by atoms with Gasteiger partial charge in [0.05, 0.1) is 0 Å². The first-order valence-corrected chi connectivity index (χ1v) is 7.24. The number of benzene rings is 1. The number of nitrogens with one attached hydrogen (secondary N) is 1. The molecule has 0 amide bonds. The molecule has 2 atom stereocenters. The fourth-order valence-electron chi connectivity index (χ4n) is 2.79. The largest absolute Gasteiger partial charge is 0.310 e. The molecule has 18 heavy (non-hydrogen) atoms. The van der Waals surface area contributed by atoms with Crippen molar-refractivity contribution in [3.63, 3.8) is 0 Å². The van der Waals surface area contributed by atoms with Crippen molar-refractivity contribution >= 4 is 11.6 Å². The highest BCUT2D eigenvalue weighted by Crippen LogP contribution is 2.27. The van der Waals surface area contributed by atoms with Gasteiger partial charge < -0.3 is 5.32 Å². The Hall–Kier alpha value is -0.600. The topological polar surface area (TPSA) is 12.0 Å². The predicted molar refractivity (Wildman–Crippen MR) is 74.3 cm³/mol. The SMILES string of the molecule is CCC1CCCC(NCc2c(F)cccc2Cl)C1. The molecule has 0 radical (unpaired) electrons. The summed E-state index contributed by atoms with van der Waals surface area (Å²) in [6, 6.07) is 5.38. The van der Waals surface area contributed by atoms with Crippen LogP contribution in [0.15, 0.2) is 18.2 Å². The van der Waals surface area contributed by atoms with Crippen molar-refractivity contribution < 1.29 is 4.39 Å². The first-order chi connectivity index (χ1) is 8.70. The van der Waals surface area contributed by atoms with E-state index < -0.39 is 0 Å². The van der Waals surface area contributed by atoms with Crippen molar-refractivity contribution in [3.8, 4) is 0 Å². The van der Waals surface area contributed by atoms with Gasteiger partial charge in [0.1, 0.15) is 5.82 Å². The van der Waals surface area contributed by atoms with Crippen LogP contribution in [0.3, 0.4) is 0 Å². The number of hydrogen-bond donors (Lipinski definition) is 1. The minimum absolute atomic E-state index is 0.210. The summed E-state index contributed by atoms with van der Waals surface area (Å²) in [5.41, 5.74) is 0.595. The van der Waals surface area contributed by atoms with Crippen LogP contribution in [-0.2, 0) is 6.54 Å². The van der Waals surface area contributed by atoms with Gasteiger partial charge in [-0.15, -0.1) is 0 Å². The van der Waals surface area contributed by atoms with E-state index in [1.807, 2.05) is 0 Å². The smallest absolute Gasteiger partial charge is 0.129 e. The summed E-state index contributed by atoms with van der Waals surface area (Å²) in [5.74, 6) is 0.616. The molecular formula is C15H21ClFN. The molecule has 1 N–H and O–H groups in total. The maximum absolute atomic E-state index is 13.6. The van der Waals surface area contributed by atoms with Crippen molar-refractivity contribution in [1.29, 1.82) is 0 Å². The predicted octanol–water partition coefficient (Wildman–Crippen LogP) is 4.54. The van der Waals surface area contributed by atoms with Crippen molar-refractivity contribution in [2.24, 2.45) is 5.92 Å². The van der Waals surface area contributed by atoms with E-state index in [0.29, 0.717) is 23.2 Å². The van der Waals surface area contributed by atoms with Crippen LogP contribution in [-0.4, -0.2) is 6.04 Å². The van der Waals surface area contributed by atoms with Crippen LogP contribution in [0.2, 0.25) is 5.02 Å². The third kappa shape index (κ3) is 3.46. The summed E-state index contributed by atoms with van der Waals surface area (Å²) in [4.78, 5) is 0. The minimum Gasteiger partial charge on any atom is -0.310 e. The molecule has 1 aliphatic carbocycles. The molecule has 0 aliphatic heterocycles. The molecule has 1 aromatic carbocycles. The Morgan fingerprint density at radius 1 is 1.39 bits per heavy atom. The van der Waals surface area contributed by atoms with Crippen LogP contribution in [0.4, 0.5) is 4.39 Å². The van der Waals surface area contributed by atoms with E-state index in [-0.39, 0.29) is 5.82 Å². The summed E-state index contributed by atoms with van der Waals surface area (Å²) in [7, 11) is 0. The monoisotopic (exact) mass is 269 g/mol. The van der Waals surface area contributed by atoms with E-state index in [4.69, 9.17) is 11.6 Å². The molecule has 100 valence electrons. The average molecular weight is 270 g/mol. The third-order valence-electron chi connectivity index (χ3n) is 3.99. The van der Waals surface area contributed by atoms with Crippen molar-refractivity contribution in [2.45, 2.75) is 51.6 Å². The van der Waals surface area contributed by atoms with Crippen molar-refractivity contribution in [3.05, 3.63) is 34.6 Å². The van der Waals surface area contributed by atoms with Crippen LogP contribution >= 0.6 is 11.6 Å². The fraction of sp³-hybridized carbons (Fsp3) is 0.600.